The van der Waals surface area contributed by atoms with E-state index in [4.69, 9.17) is 16.6 Å². The van der Waals surface area contributed by atoms with E-state index >= 15 is 0 Å². The molecule has 0 bridgehead atoms. The van der Waals surface area contributed by atoms with Crippen LogP contribution in [0.2, 0.25) is 0 Å². The van der Waals surface area contributed by atoms with Gasteiger partial charge in [-0.1, -0.05) is 6.92 Å². The second-order valence-corrected chi connectivity index (χ2v) is 2.60. The molecule has 0 amide bonds. The molecule has 5 N–H and O–H groups in total. The quantitative estimate of drug-likeness (QED) is 0.502. The fourth-order valence-corrected chi connectivity index (χ4v) is 0.583. The Balaban J connectivity index is 4.23. The lowest BCUT2D eigenvalue weighted by Crippen LogP contribution is -2.58. The summed E-state index contributed by atoms with van der Waals surface area (Å²) in [5.74, 6) is -1.05. The van der Waals surface area contributed by atoms with Crippen LogP contribution in [0.25, 0.3) is 0 Å². The highest BCUT2D eigenvalue weighted by Crippen LogP contribution is 2.06. The summed E-state index contributed by atoms with van der Waals surface area (Å²) >= 11 is 0. The van der Waals surface area contributed by atoms with Crippen molar-refractivity contribution in [1.29, 1.82) is 0 Å². The zero-order valence-corrected chi connectivity index (χ0v) is 6.29. The smallest absolute Gasteiger partial charge is 0.325 e. The summed E-state index contributed by atoms with van der Waals surface area (Å²) in [7, 11) is 0. The van der Waals surface area contributed by atoms with E-state index in [-0.39, 0.29) is 0 Å². The van der Waals surface area contributed by atoms with Gasteiger partial charge >= 0.3 is 5.97 Å². The molecule has 0 spiro atoms. The van der Waals surface area contributed by atoms with Gasteiger partial charge in [0.2, 0.25) is 0 Å². The van der Waals surface area contributed by atoms with Gasteiger partial charge in [0.15, 0.2) is 0 Å². The van der Waals surface area contributed by atoms with Crippen molar-refractivity contribution in [1.82, 2.24) is 0 Å². The van der Waals surface area contributed by atoms with E-state index in [0.29, 0.717) is 6.42 Å². The molecule has 0 aliphatic carbocycles. The van der Waals surface area contributed by atoms with Gasteiger partial charge in [0.1, 0.15) is 5.54 Å². The monoisotopic (exact) mass is 146 g/mol. The summed E-state index contributed by atoms with van der Waals surface area (Å²) < 4.78 is 0. The molecule has 4 nitrogen and oxygen atoms in total. The molecule has 4 heteroatoms. The predicted octanol–water partition coefficient (Wildman–Crippen LogP) is -0.474. The van der Waals surface area contributed by atoms with Gasteiger partial charge in [-0.25, -0.2) is 0 Å². The molecule has 10 heavy (non-hydrogen) atoms. The van der Waals surface area contributed by atoms with Crippen molar-refractivity contribution in [3.05, 3.63) is 0 Å². The first-order valence-corrected chi connectivity index (χ1v) is 3.20. The lowest BCUT2D eigenvalue weighted by molar-refractivity contribution is -0.143. The molecule has 2 atom stereocenters. The molecule has 0 aromatic rings. The zero-order valence-electron chi connectivity index (χ0n) is 6.29. The third-order valence-corrected chi connectivity index (χ3v) is 1.67. The average molecular weight is 146 g/mol. The first-order valence-electron chi connectivity index (χ1n) is 3.20. The minimum absolute atomic E-state index is 0.481. The van der Waals surface area contributed by atoms with Crippen LogP contribution in [0.3, 0.4) is 0 Å². The van der Waals surface area contributed by atoms with E-state index in [1.165, 1.54) is 6.92 Å². The Morgan fingerprint density at radius 2 is 2.20 bits per heavy atom. The van der Waals surface area contributed by atoms with Crippen LogP contribution in [0.5, 0.6) is 0 Å². The molecule has 0 aromatic carbocycles. The topological polar surface area (TPSA) is 89.3 Å². The Bertz CT molecular complexity index is 134. The number of carboxylic acid groups (broad SMARTS) is 1. The number of aliphatic carboxylic acids is 1. The number of carbonyl (C=O) groups is 1. The van der Waals surface area contributed by atoms with E-state index in [1.54, 1.807) is 6.92 Å². The van der Waals surface area contributed by atoms with Crippen LogP contribution in [0, 0.1) is 0 Å². The molecule has 0 rings (SSSR count). The van der Waals surface area contributed by atoms with E-state index in [9.17, 15) is 4.79 Å². The van der Waals surface area contributed by atoms with Crippen molar-refractivity contribution in [2.45, 2.75) is 31.8 Å². The maximum Gasteiger partial charge on any atom is 0.325 e. The Labute approximate surface area is 60.2 Å². The number of carboxylic acids is 1. The van der Waals surface area contributed by atoms with E-state index < -0.39 is 17.6 Å². The average Bonchev–Trinajstić information content (AvgIpc) is 1.86. The van der Waals surface area contributed by atoms with Crippen molar-refractivity contribution in [3.8, 4) is 0 Å². The third-order valence-electron chi connectivity index (χ3n) is 1.67. The van der Waals surface area contributed by atoms with Gasteiger partial charge in [0, 0.05) is 6.04 Å². The van der Waals surface area contributed by atoms with E-state index in [0.717, 1.165) is 0 Å². The SMILES string of the molecule is CCC(N)C(C)(N)C(=O)O. The van der Waals surface area contributed by atoms with Crippen molar-refractivity contribution in [2.75, 3.05) is 0 Å². The highest BCUT2D eigenvalue weighted by atomic mass is 16.4. The second-order valence-electron chi connectivity index (χ2n) is 2.60. The summed E-state index contributed by atoms with van der Waals surface area (Å²) in [4.78, 5) is 10.4. The molecular formula is C6H14N2O2. The second kappa shape index (κ2) is 2.98. The maximum absolute atomic E-state index is 10.4. The Kier molecular flexibility index (Phi) is 2.80. The standard InChI is InChI=1S/C6H14N2O2/c1-3-4(7)6(2,8)5(9)10/h4H,3,7-8H2,1-2H3,(H,9,10). The largest absolute Gasteiger partial charge is 0.480 e. The number of nitrogens with two attached hydrogens (primary N) is 2. The zero-order chi connectivity index (χ0) is 8.36. The van der Waals surface area contributed by atoms with Gasteiger partial charge in [-0.05, 0) is 13.3 Å². The molecule has 0 aromatic heterocycles. The summed E-state index contributed by atoms with van der Waals surface area (Å²) in [5, 5.41) is 8.54. The first kappa shape index (κ1) is 9.39. The van der Waals surface area contributed by atoms with Crippen molar-refractivity contribution in [3.63, 3.8) is 0 Å². The number of hydrogen-bond donors (Lipinski definition) is 3. The normalized spacial score (nSPS) is 19.6. The minimum atomic E-state index is -1.30. The Morgan fingerprint density at radius 1 is 1.80 bits per heavy atom. The third kappa shape index (κ3) is 1.68. The molecule has 0 fully saturated rings. The van der Waals surface area contributed by atoms with Crippen LogP contribution in [-0.4, -0.2) is 22.7 Å². The molecule has 0 saturated heterocycles. The van der Waals surface area contributed by atoms with Crippen LogP contribution in [0.1, 0.15) is 20.3 Å². The van der Waals surface area contributed by atoms with Crippen molar-refractivity contribution < 1.29 is 9.90 Å². The minimum Gasteiger partial charge on any atom is -0.480 e. The summed E-state index contributed by atoms with van der Waals surface area (Å²) in [6, 6.07) is -0.481. The molecule has 2 unspecified atom stereocenters. The van der Waals surface area contributed by atoms with Gasteiger partial charge in [0.25, 0.3) is 0 Å². The van der Waals surface area contributed by atoms with Crippen molar-refractivity contribution >= 4 is 5.97 Å². The van der Waals surface area contributed by atoms with Crippen LogP contribution < -0.4 is 11.5 Å². The van der Waals surface area contributed by atoms with Gasteiger partial charge < -0.3 is 16.6 Å². The molecule has 0 aliphatic heterocycles. The molecule has 0 heterocycles. The highest BCUT2D eigenvalue weighted by Gasteiger charge is 2.33. The summed E-state index contributed by atoms with van der Waals surface area (Å²) in [6.45, 7) is 3.22. The lowest BCUT2D eigenvalue weighted by atomic mass is 9.93. The fraction of sp³-hybridized carbons (Fsp3) is 0.833. The molecule has 60 valence electrons. The van der Waals surface area contributed by atoms with Crippen LogP contribution >= 0.6 is 0 Å². The Morgan fingerprint density at radius 3 is 2.30 bits per heavy atom. The molecule has 0 aliphatic rings. The maximum atomic E-state index is 10.4. The van der Waals surface area contributed by atoms with Gasteiger partial charge in [0.05, 0.1) is 0 Å². The van der Waals surface area contributed by atoms with Gasteiger partial charge in [-0.2, -0.15) is 0 Å². The predicted molar refractivity (Wildman–Crippen MR) is 38.5 cm³/mol. The number of hydrogen-bond acceptors (Lipinski definition) is 3. The molecule has 0 saturated carbocycles. The number of rotatable bonds is 3. The van der Waals surface area contributed by atoms with Crippen molar-refractivity contribution in [2.24, 2.45) is 11.5 Å². The fourth-order valence-electron chi connectivity index (χ4n) is 0.583. The van der Waals surface area contributed by atoms with Crippen LogP contribution in [0.4, 0.5) is 0 Å². The van der Waals surface area contributed by atoms with Gasteiger partial charge in [-0.15, -0.1) is 0 Å². The molecule has 0 radical (unpaired) electrons. The lowest BCUT2D eigenvalue weighted by Gasteiger charge is -2.25. The summed E-state index contributed by atoms with van der Waals surface area (Å²) in [6.07, 6.45) is 0.569. The highest BCUT2D eigenvalue weighted by molar-refractivity contribution is 5.78. The van der Waals surface area contributed by atoms with Crippen LogP contribution in [-0.2, 0) is 4.79 Å². The van der Waals surface area contributed by atoms with E-state index in [1.807, 2.05) is 0 Å². The molecular weight excluding hydrogens is 132 g/mol. The Hall–Kier alpha value is -0.610. The first-order chi connectivity index (χ1) is 4.42. The van der Waals surface area contributed by atoms with Gasteiger partial charge in [-0.3, -0.25) is 4.79 Å². The summed E-state index contributed by atoms with van der Waals surface area (Å²) in [5.41, 5.74) is 9.54. The van der Waals surface area contributed by atoms with Crippen LogP contribution in [0.15, 0.2) is 0 Å². The van der Waals surface area contributed by atoms with E-state index in [2.05, 4.69) is 0 Å².